The van der Waals surface area contributed by atoms with Crippen molar-refractivity contribution < 1.29 is 14.7 Å². The van der Waals surface area contributed by atoms with E-state index < -0.39 is 5.97 Å². The second kappa shape index (κ2) is 5.73. The molecule has 0 saturated heterocycles. The molecule has 5 heteroatoms. The fourth-order valence-corrected chi connectivity index (χ4v) is 2.23. The molecule has 0 radical (unpaired) electrons. The van der Waals surface area contributed by atoms with E-state index in [1.54, 1.807) is 7.05 Å². The summed E-state index contributed by atoms with van der Waals surface area (Å²) in [5.41, 5.74) is 3.43. The smallest absolute Gasteiger partial charge is 0.321 e. The molecule has 2 amide bonds. The summed E-state index contributed by atoms with van der Waals surface area (Å²) < 4.78 is 0. The summed E-state index contributed by atoms with van der Waals surface area (Å²) in [6, 6.07) is 5.67. The van der Waals surface area contributed by atoms with Crippen LogP contribution in [0.15, 0.2) is 18.2 Å². The molecular formula is C14H18N2O3. The number of carboxylic acids is 1. The average Bonchev–Trinajstić information content (AvgIpc) is 2.83. The third kappa shape index (κ3) is 3.47. The molecule has 5 nitrogen and oxygen atoms in total. The molecule has 1 aromatic rings. The number of rotatable bonds is 4. The summed E-state index contributed by atoms with van der Waals surface area (Å²) in [5.74, 6) is -0.905. The van der Waals surface area contributed by atoms with Gasteiger partial charge in [-0.25, -0.2) is 4.79 Å². The van der Waals surface area contributed by atoms with E-state index in [-0.39, 0.29) is 19.0 Å². The first kappa shape index (κ1) is 13.4. The molecule has 102 valence electrons. The highest BCUT2D eigenvalue weighted by Crippen LogP contribution is 2.24. The summed E-state index contributed by atoms with van der Waals surface area (Å²) in [5, 5.41) is 11.4. The lowest BCUT2D eigenvalue weighted by Crippen LogP contribution is -2.33. The molecule has 1 aliphatic rings. The van der Waals surface area contributed by atoms with Crippen molar-refractivity contribution in [1.82, 2.24) is 4.90 Å². The van der Waals surface area contributed by atoms with Crippen molar-refractivity contribution in [3.05, 3.63) is 29.3 Å². The number of hydrogen-bond acceptors (Lipinski definition) is 2. The highest BCUT2D eigenvalue weighted by atomic mass is 16.4. The van der Waals surface area contributed by atoms with Gasteiger partial charge in [0.1, 0.15) is 0 Å². The van der Waals surface area contributed by atoms with Crippen molar-refractivity contribution in [2.75, 3.05) is 18.9 Å². The van der Waals surface area contributed by atoms with E-state index in [4.69, 9.17) is 5.11 Å². The third-order valence-electron chi connectivity index (χ3n) is 3.36. The molecule has 0 fully saturated rings. The van der Waals surface area contributed by atoms with Gasteiger partial charge in [-0.2, -0.15) is 0 Å². The number of aliphatic carboxylic acids is 1. The molecule has 1 aliphatic carbocycles. The standard InChI is InChI=1S/C14H18N2O3/c1-16(8-7-13(17)18)14(19)15-12-6-5-10-3-2-4-11(10)9-12/h5-6,9H,2-4,7-8H2,1H3,(H,15,19)(H,17,18). The van der Waals surface area contributed by atoms with Gasteiger partial charge in [0.05, 0.1) is 6.42 Å². The zero-order valence-electron chi connectivity index (χ0n) is 11.0. The Kier molecular flexibility index (Phi) is 4.04. The topological polar surface area (TPSA) is 69.6 Å². The van der Waals surface area contributed by atoms with Crippen molar-refractivity contribution in [3.63, 3.8) is 0 Å². The molecule has 0 heterocycles. The quantitative estimate of drug-likeness (QED) is 0.873. The minimum Gasteiger partial charge on any atom is -0.481 e. The summed E-state index contributed by atoms with van der Waals surface area (Å²) in [6.45, 7) is 0.201. The Morgan fingerprint density at radius 1 is 1.32 bits per heavy atom. The Morgan fingerprint density at radius 3 is 2.79 bits per heavy atom. The minimum absolute atomic E-state index is 0.0475. The molecule has 0 spiro atoms. The minimum atomic E-state index is -0.905. The second-order valence-corrected chi connectivity index (χ2v) is 4.83. The second-order valence-electron chi connectivity index (χ2n) is 4.83. The van der Waals surface area contributed by atoms with Gasteiger partial charge in [0.2, 0.25) is 0 Å². The van der Waals surface area contributed by atoms with Crippen molar-refractivity contribution in [3.8, 4) is 0 Å². The van der Waals surface area contributed by atoms with Crippen LogP contribution in [0.5, 0.6) is 0 Å². The van der Waals surface area contributed by atoms with Crippen molar-refractivity contribution in [2.24, 2.45) is 0 Å². The Morgan fingerprint density at radius 2 is 2.05 bits per heavy atom. The first-order chi connectivity index (χ1) is 9.06. The maximum atomic E-state index is 11.8. The largest absolute Gasteiger partial charge is 0.481 e. The molecule has 0 bridgehead atoms. The van der Waals surface area contributed by atoms with Gasteiger partial charge in [0.25, 0.3) is 0 Å². The van der Waals surface area contributed by atoms with E-state index in [9.17, 15) is 9.59 Å². The molecule has 0 saturated carbocycles. The van der Waals surface area contributed by atoms with E-state index in [2.05, 4.69) is 11.4 Å². The van der Waals surface area contributed by atoms with Crippen LogP contribution in [0.3, 0.4) is 0 Å². The van der Waals surface area contributed by atoms with E-state index >= 15 is 0 Å². The molecule has 0 atom stereocenters. The predicted molar refractivity (Wildman–Crippen MR) is 72.4 cm³/mol. The first-order valence-electron chi connectivity index (χ1n) is 6.42. The number of carbonyl (C=O) groups excluding carboxylic acids is 1. The van der Waals surface area contributed by atoms with Crippen LogP contribution in [0.4, 0.5) is 10.5 Å². The van der Waals surface area contributed by atoms with Gasteiger partial charge in [-0.05, 0) is 42.5 Å². The summed E-state index contributed by atoms with van der Waals surface area (Å²) >= 11 is 0. The lowest BCUT2D eigenvalue weighted by atomic mass is 10.1. The Hall–Kier alpha value is -2.04. The van der Waals surface area contributed by atoms with Gasteiger partial charge in [-0.1, -0.05) is 6.07 Å². The number of carboxylic acid groups (broad SMARTS) is 1. The third-order valence-corrected chi connectivity index (χ3v) is 3.36. The van der Waals surface area contributed by atoms with Crippen molar-refractivity contribution >= 4 is 17.7 Å². The van der Waals surface area contributed by atoms with E-state index in [1.807, 2.05) is 12.1 Å². The van der Waals surface area contributed by atoms with Crippen LogP contribution in [-0.4, -0.2) is 35.6 Å². The van der Waals surface area contributed by atoms with Gasteiger partial charge >= 0.3 is 12.0 Å². The SMILES string of the molecule is CN(CCC(=O)O)C(=O)Nc1ccc2c(c1)CCC2. The van der Waals surface area contributed by atoms with Gasteiger partial charge in [-0.3, -0.25) is 4.79 Å². The summed E-state index contributed by atoms with van der Waals surface area (Å²) in [7, 11) is 1.59. The van der Waals surface area contributed by atoms with Crippen LogP contribution >= 0.6 is 0 Å². The van der Waals surface area contributed by atoms with Gasteiger partial charge in [0.15, 0.2) is 0 Å². The molecule has 1 aromatic carbocycles. The lowest BCUT2D eigenvalue weighted by molar-refractivity contribution is -0.137. The van der Waals surface area contributed by atoms with E-state index in [0.717, 1.165) is 18.5 Å². The van der Waals surface area contributed by atoms with Crippen LogP contribution in [-0.2, 0) is 17.6 Å². The number of hydrogen-bond donors (Lipinski definition) is 2. The highest BCUT2D eigenvalue weighted by molar-refractivity contribution is 5.89. The van der Waals surface area contributed by atoms with Crippen LogP contribution < -0.4 is 5.32 Å². The monoisotopic (exact) mass is 262 g/mol. The van der Waals surface area contributed by atoms with Crippen LogP contribution in [0.2, 0.25) is 0 Å². The zero-order chi connectivity index (χ0) is 13.8. The van der Waals surface area contributed by atoms with Crippen LogP contribution in [0, 0.1) is 0 Å². The van der Waals surface area contributed by atoms with E-state index in [1.165, 1.54) is 22.4 Å². The number of anilines is 1. The van der Waals surface area contributed by atoms with E-state index in [0.29, 0.717) is 0 Å². The summed E-state index contributed by atoms with van der Waals surface area (Å²) in [4.78, 5) is 23.7. The van der Waals surface area contributed by atoms with Crippen LogP contribution in [0.25, 0.3) is 0 Å². The molecule has 19 heavy (non-hydrogen) atoms. The highest BCUT2D eigenvalue weighted by Gasteiger charge is 2.13. The lowest BCUT2D eigenvalue weighted by Gasteiger charge is -2.17. The number of aryl methyl sites for hydroxylation is 2. The van der Waals surface area contributed by atoms with Gasteiger partial charge in [0, 0.05) is 19.3 Å². The fourth-order valence-electron chi connectivity index (χ4n) is 2.23. The Balaban J connectivity index is 1.93. The average molecular weight is 262 g/mol. The molecule has 0 aromatic heterocycles. The molecular weight excluding hydrogens is 244 g/mol. The molecule has 2 rings (SSSR count). The van der Waals surface area contributed by atoms with Crippen molar-refractivity contribution in [1.29, 1.82) is 0 Å². The number of nitrogens with one attached hydrogen (secondary N) is 1. The number of benzene rings is 1. The molecule has 2 N–H and O–H groups in total. The molecule has 0 unspecified atom stereocenters. The number of amides is 2. The van der Waals surface area contributed by atoms with Crippen LogP contribution in [0.1, 0.15) is 24.0 Å². The van der Waals surface area contributed by atoms with Gasteiger partial charge < -0.3 is 15.3 Å². The Bertz CT molecular complexity index is 499. The number of fused-ring (bicyclic) bond motifs is 1. The molecule has 0 aliphatic heterocycles. The zero-order valence-corrected chi connectivity index (χ0v) is 11.0. The van der Waals surface area contributed by atoms with Gasteiger partial charge in [-0.15, -0.1) is 0 Å². The summed E-state index contributed by atoms with van der Waals surface area (Å²) in [6.07, 6.45) is 3.30. The maximum absolute atomic E-state index is 11.8. The number of carbonyl (C=O) groups is 2. The Labute approximate surface area is 112 Å². The number of urea groups is 1. The fraction of sp³-hybridized carbons (Fsp3) is 0.429. The number of nitrogens with zero attached hydrogens (tertiary/aromatic N) is 1. The van der Waals surface area contributed by atoms with Crippen molar-refractivity contribution in [2.45, 2.75) is 25.7 Å². The normalized spacial score (nSPS) is 12.9. The first-order valence-corrected chi connectivity index (χ1v) is 6.42. The predicted octanol–water partition coefficient (Wildman–Crippen LogP) is 2.11. The maximum Gasteiger partial charge on any atom is 0.321 e.